The third-order valence-electron chi connectivity index (χ3n) is 5.26. The van der Waals surface area contributed by atoms with Gasteiger partial charge in [-0.05, 0) is 56.6 Å². The zero-order valence-corrected chi connectivity index (χ0v) is 24.9. The number of halogens is 2. The molecule has 0 saturated carbocycles. The fourth-order valence-corrected chi connectivity index (χ4v) is 7.49. The second-order valence-corrected chi connectivity index (χ2v) is 20.2. The van der Waals surface area contributed by atoms with Gasteiger partial charge in [0, 0.05) is 22.5 Å². The van der Waals surface area contributed by atoms with E-state index in [0.29, 0.717) is 11.3 Å². The monoisotopic (exact) mass is 490 g/mol. The lowest BCUT2D eigenvalue weighted by Gasteiger charge is -2.31. The van der Waals surface area contributed by atoms with Gasteiger partial charge < -0.3 is 0 Å². The lowest BCUT2D eigenvalue weighted by atomic mass is 9.81. The summed E-state index contributed by atoms with van der Waals surface area (Å²) >= 11 is 12.6. The lowest BCUT2D eigenvalue weighted by Crippen LogP contribution is -2.24. The van der Waals surface area contributed by atoms with Gasteiger partial charge in [0.05, 0.1) is 4.87 Å². The summed E-state index contributed by atoms with van der Waals surface area (Å²) < 4.78 is 0. The summed E-state index contributed by atoms with van der Waals surface area (Å²) in [5.74, 6) is 0.672. The molecule has 1 rings (SSSR count). The highest BCUT2D eigenvalue weighted by molar-refractivity contribution is 6.56. The molecule has 0 aliphatic rings. The van der Waals surface area contributed by atoms with Gasteiger partial charge in [-0.15, -0.1) is 23.2 Å². The van der Waals surface area contributed by atoms with Crippen LogP contribution in [0.25, 0.3) is 0 Å². The molecule has 0 saturated heterocycles. The van der Waals surface area contributed by atoms with Crippen LogP contribution in [0.5, 0.6) is 0 Å². The van der Waals surface area contributed by atoms with E-state index in [1.807, 2.05) is 0 Å². The fraction of sp³-hybridized carbons (Fsp3) is 0.769. The molecule has 0 aliphatic carbocycles. The molecular weight excluding hydrogens is 439 g/mol. The molecule has 0 aromatic heterocycles. The third kappa shape index (κ3) is 15.9. The Morgan fingerprint density at radius 1 is 0.900 bits per heavy atom. The Labute approximate surface area is 203 Å². The molecule has 4 heteroatoms. The minimum atomic E-state index is -0.489. The van der Waals surface area contributed by atoms with Gasteiger partial charge in [0.2, 0.25) is 0 Å². The first-order valence-electron chi connectivity index (χ1n) is 11.4. The van der Waals surface area contributed by atoms with Gasteiger partial charge in [0.25, 0.3) is 0 Å². The molecule has 0 spiro atoms. The van der Waals surface area contributed by atoms with Crippen LogP contribution >= 0.6 is 23.2 Å². The highest BCUT2D eigenvalue weighted by Gasteiger charge is 2.26. The highest BCUT2D eigenvalue weighted by atomic mass is 35.5. The highest BCUT2D eigenvalue weighted by Crippen LogP contribution is 2.36. The van der Waals surface area contributed by atoms with E-state index in [1.165, 1.54) is 29.6 Å². The van der Waals surface area contributed by atoms with Crippen LogP contribution in [0.4, 0.5) is 0 Å². The van der Waals surface area contributed by atoms with E-state index in [2.05, 4.69) is 98.9 Å². The summed E-state index contributed by atoms with van der Waals surface area (Å²) in [6.07, 6.45) is 2.45. The van der Waals surface area contributed by atoms with Crippen molar-refractivity contribution >= 4 is 40.8 Å². The normalized spacial score (nSPS) is 13.6. The van der Waals surface area contributed by atoms with Crippen molar-refractivity contribution < 1.29 is 0 Å². The largest absolute Gasteiger partial charge is 0.120 e. The predicted octanol–water partition coefficient (Wildman–Crippen LogP) is 9.68. The molecule has 1 aromatic rings. The van der Waals surface area contributed by atoms with Crippen molar-refractivity contribution in [2.75, 3.05) is 0 Å². The summed E-state index contributed by atoms with van der Waals surface area (Å²) in [6.45, 7) is 25.0. The lowest BCUT2D eigenvalue weighted by molar-refractivity contribution is 0.289. The van der Waals surface area contributed by atoms with Gasteiger partial charge in [-0.1, -0.05) is 97.2 Å². The topological polar surface area (TPSA) is 0 Å². The minimum absolute atomic E-state index is 0. The van der Waals surface area contributed by atoms with Gasteiger partial charge in [0.15, 0.2) is 0 Å². The van der Waals surface area contributed by atoms with E-state index < -0.39 is 8.80 Å². The standard InChI is InChI=1S/C14H23ClSi.C11H25ClSi.CH4/c1-11(10-16(4)5)12-7-6-8-13(9-12)14(2,3)15;1-10(2,7-8-13(5)6)9-11(3,4)12;/h6-9,11,16H,10H2,1-5H3;13H,7-9H2,1-6H3;1H4. The molecule has 0 radical (unpaired) electrons. The number of rotatable bonds is 9. The first-order valence-corrected chi connectivity index (χ1v) is 18.4. The summed E-state index contributed by atoms with van der Waals surface area (Å²) in [7, 11) is -0.870. The second kappa shape index (κ2) is 13.7. The van der Waals surface area contributed by atoms with Gasteiger partial charge in [0.1, 0.15) is 0 Å². The maximum absolute atomic E-state index is 6.35. The fourth-order valence-electron chi connectivity index (χ4n) is 3.96. The van der Waals surface area contributed by atoms with E-state index in [-0.39, 0.29) is 26.0 Å². The van der Waals surface area contributed by atoms with Crippen molar-refractivity contribution in [3.05, 3.63) is 35.4 Å². The van der Waals surface area contributed by atoms with Crippen molar-refractivity contribution in [2.24, 2.45) is 5.41 Å². The molecule has 0 fully saturated rings. The van der Waals surface area contributed by atoms with Gasteiger partial charge >= 0.3 is 0 Å². The van der Waals surface area contributed by atoms with Crippen molar-refractivity contribution in [2.45, 2.75) is 123 Å². The van der Waals surface area contributed by atoms with Gasteiger partial charge in [-0.25, -0.2) is 0 Å². The molecule has 0 nitrogen and oxygen atoms in total. The van der Waals surface area contributed by atoms with Crippen molar-refractivity contribution in [1.29, 1.82) is 0 Å². The quantitative estimate of drug-likeness (QED) is 0.238. The van der Waals surface area contributed by atoms with Crippen molar-refractivity contribution in [3.8, 4) is 0 Å². The molecule has 1 unspecified atom stereocenters. The molecule has 0 N–H and O–H groups in total. The predicted molar refractivity (Wildman–Crippen MR) is 151 cm³/mol. The minimum Gasteiger partial charge on any atom is -0.120 e. The number of hydrogen-bond acceptors (Lipinski definition) is 0. The van der Waals surface area contributed by atoms with Crippen LogP contribution < -0.4 is 0 Å². The Morgan fingerprint density at radius 3 is 1.83 bits per heavy atom. The Kier molecular flexibility index (Phi) is 14.8. The second-order valence-electron chi connectivity index (χ2n) is 11.6. The van der Waals surface area contributed by atoms with E-state index in [9.17, 15) is 0 Å². The van der Waals surface area contributed by atoms with Crippen LogP contribution in [0.2, 0.25) is 38.3 Å². The molecule has 1 aromatic carbocycles. The van der Waals surface area contributed by atoms with Crippen molar-refractivity contribution in [3.63, 3.8) is 0 Å². The Hall–Kier alpha value is 0.234. The Balaban J connectivity index is 0. The average Bonchev–Trinajstić information content (AvgIpc) is 2.50. The maximum atomic E-state index is 6.35. The number of hydrogen-bond donors (Lipinski definition) is 0. The Morgan fingerprint density at radius 2 is 1.43 bits per heavy atom. The smallest absolute Gasteiger partial charge is 0.0638 e. The average molecular weight is 492 g/mol. The van der Waals surface area contributed by atoms with Gasteiger partial charge in [-0.3, -0.25) is 0 Å². The third-order valence-corrected chi connectivity index (χ3v) is 8.71. The van der Waals surface area contributed by atoms with Crippen LogP contribution in [-0.4, -0.2) is 22.5 Å². The number of benzene rings is 1. The van der Waals surface area contributed by atoms with E-state index in [1.54, 1.807) is 0 Å². The van der Waals surface area contributed by atoms with Crippen LogP contribution in [0, 0.1) is 5.41 Å². The first-order chi connectivity index (χ1) is 12.9. The summed E-state index contributed by atoms with van der Waals surface area (Å²) in [5, 5.41) is 0. The SMILES string of the molecule is C.CC(C[SiH](C)C)c1cccc(C(C)(C)Cl)c1.C[SiH](C)CCC(C)(C)CC(C)(C)Cl. The van der Waals surface area contributed by atoms with E-state index in [0.717, 1.165) is 6.42 Å². The van der Waals surface area contributed by atoms with Crippen LogP contribution in [0.15, 0.2) is 24.3 Å². The molecule has 0 bridgehead atoms. The zero-order valence-electron chi connectivity index (χ0n) is 21.1. The molecule has 178 valence electrons. The molecule has 1 atom stereocenters. The Bertz CT molecular complexity index is 581. The van der Waals surface area contributed by atoms with E-state index >= 15 is 0 Å². The molecule has 30 heavy (non-hydrogen) atoms. The summed E-state index contributed by atoms with van der Waals surface area (Å²) in [5.41, 5.74) is 3.08. The molecular formula is C26H52Cl2Si2. The van der Waals surface area contributed by atoms with Crippen LogP contribution in [0.1, 0.15) is 85.8 Å². The van der Waals surface area contributed by atoms with Crippen molar-refractivity contribution in [1.82, 2.24) is 0 Å². The van der Waals surface area contributed by atoms with Crippen LogP contribution in [-0.2, 0) is 4.87 Å². The number of alkyl halides is 2. The van der Waals surface area contributed by atoms with E-state index in [4.69, 9.17) is 23.2 Å². The zero-order chi connectivity index (χ0) is 23.0. The molecule has 0 heterocycles. The molecule has 0 amide bonds. The summed E-state index contributed by atoms with van der Waals surface area (Å²) in [6, 6.07) is 11.6. The van der Waals surface area contributed by atoms with Gasteiger partial charge in [-0.2, -0.15) is 0 Å². The first kappa shape index (κ1) is 32.4. The van der Waals surface area contributed by atoms with Crippen LogP contribution in [0.3, 0.4) is 0 Å². The maximum Gasteiger partial charge on any atom is 0.0638 e. The summed E-state index contributed by atoms with van der Waals surface area (Å²) in [4.78, 5) is -0.299. The molecule has 0 aliphatic heterocycles.